The fraction of sp³-hybridized carbons (Fsp3) is 0.391. The molecule has 6 nitrogen and oxygen atoms in total. The van der Waals surface area contributed by atoms with Gasteiger partial charge in [0.05, 0.1) is 13.1 Å². The lowest BCUT2D eigenvalue weighted by molar-refractivity contribution is -0.120. The maximum atomic E-state index is 11.6. The summed E-state index contributed by atoms with van der Waals surface area (Å²) in [6, 6.07) is 18.8. The van der Waals surface area contributed by atoms with Gasteiger partial charge in [-0.25, -0.2) is 4.99 Å². The van der Waals surface area contributed by atoms with Crippen LogP contribution in [0.3, 0.4) is 0 Å². The van der Waals surface area contributed by atoms with E-state index in [-0.39, 0.29) is 29.9 Å². The number of piperazine rings is 1. The molecule has 1 unspecified atom stereocenters. The number of halogens is 1. The van der Waals surface area contributed by atoms with Crippen LogP contribution in [0.1, 0.15) is 19.4 Å². The predicted octanol–water partition coefficient (Wildman–Crippen LogP) is 3.48. The number of amides is 1. The van der Waals surface area contributed by atoms with E-state index in [0.717, 1.165) is 36.8 Å². The zero-order chi connectivity index (χ0) is 21.2. The molecular weight excluding hydrogens is 521 g/mol. The van der Waals surface area contributed by atoms with E-state index in [2.05, 4.69) is 83.2 Å². The number of guanidine groups is 1. The Kier molecular flexibility index (Phi) is 11.0. The van der Waals surface area contributed by atoms with Gasteiger partial charge in [-0.1, -0.05) is 37.3 Å². The van der Waals surface area contributed by atoms with E-state index in [1.165, 1.54) is 4.90 Å². The molecule has 1 fully saturated rings. The molecule has 1 saturated heterocycles. The molecule has 2 aromatic rings. The summed E-state index contributed by atoms with van der Waals surface area (Å²) in [4.78, 5) is 19.7. The average molecular weight is 554 g/mol. The van der Waals surface area contributed by atoms with Crippen molar-refractivity contribution < 1.29 is 4.79 Å². The SMILES string of the molecule is CCNC(=NCc1ccc(N2CCNC(=O)C2)cc1)NCC(C)Sc1ccccc1.I. The second kappa shape index (κ2) is 13.5. The number of hydrogen-bond donors (Lipinski definition) is 3. The van der Waals surface area contributed by atoms with Crippen LogP contribution in [0.5, 0.6) is 0 Å². The van der Waals surface area contributed by atoms with E-state index < -0.39 is 0 Å². The van der Waals surface area contributed by atoms with Crippen LogP contribution < -0.4 is 20.9 Å². The van der Waals surface area contributed by atoms with Gasteiger partial charge in [0.25, 0.3) is 0 Å². The Morgan fingerprint density at radius 2 is 1.90 bits per heavy atom. The van der Waals surface area contributed by atoms with Crippen molar-refractivity contribution in [2.24, 2.45) is 4.99 Å². The Labute approximate surface area is 206 Å². The Morgan fingerprint density at radius 3 is 2.58 bits per heavy atom. The Hall–Kier alpha value is -1.94. The molecule has 3 rings (SSSR count). The van der Waals surface area contributed by atoms with E-state index in [1.807, 2.05) is 17.8 Å². The minimum atomic E-state index is 0. The van der Waals surface area contributed by atoms with E-state index in [0.29, 0.717) is 24.9 Å². The van der Waals surface area contributed by atoms with Crippen LogP contribution >= 0.6 is 35.7 Å². The number of nitrogens with zero attached hydrogens (tertiary/aromatic N) is 2. The average Bonchev–Trinajstić information content (AvgIpc) is 2.77. The number of thioether (sulfide) groups is 1. The van der Waals surface area contributed by atoms with Crippen LogP contribution in [-0.2, 0) is 11.3 Å². The molecule has 0 bridgehead atoms. The second-order valence-electron chi connectivity index (χ2n) is 7.26. The lowest BCUT2D eigenvalue weighted by Gasteiger charge is -2.28. The summed E-state index contributed by atoms with van der Waals surface area (Å²) in [5.74, 6) is 0.908. The number of benzene rings is 2. The minimum Gasteiger partial charge on any atom is -0.360 e. The highest BCUT2D eigenvalue weighted by atomic mass is 127. The first kappa shape index (κ1) is 25.3. The number of carbonyl (C=O) groups excluding carboxylic acids is 1. The quantitative estimate of drug-likeness (QED) is 0.202. The third-order valence-corrected chi connectivity index (χ3v) is 5.85. The first-order chi connectivity index (χ1) is 14.6. The van der Waals surface area contributed by atoms with Gasteiger partial charge < -0.3 is 20.9 Å². The standard InChI is InChI=1S/C23H31N5OS.HI/c1-3-24-23(26-15-18(2)30-21-7-5-4-6-8-21)27-16-19-9-11-20(12-10-19)28-14-13-25-22(29)17-28;/h4-12,18H,3,13-17H2,1-2H3,(H,25,29)(H2,24,26,27);1H. The zero-order valence-electron chi connectivity index (χ0n) is 18.1. The fourth-order valence-electron chi connectivity index (χ4n) is 3.20. The van der Waals surface area contributed by atoms with Crippen molar-refractivity contribution in [1.29, 1.82) is 0 Å². The van der Waals surface area contributed by atoms with Crippen molar-refractivity contribution in [3.05, 3.63) is 60.2 Å². The van der Waals surface area contributed by atoms with Crippen molar-refractivity contribution in [2.45, 2.75) is 30.5 Å². The van der Waals surface area contributed by atoms with Gasteiger partial charge in [0, 0.05) is 42.0 Å². The molecule has 168 valence electrons. The summed E-state index contributed by atoms with van der Waals surface area (Å²) < 4.78 is 0. The normalized spacial score (nSPS) is 15.0. The number of rotatable bonds is 8. The molecule has 0 aliphatic carbocycles. The molecule has 0 aromatic heterocycles. The van der Waals surface area contributed by atoms with E-state index in [1.54, 1.807) is 0 Å². The van der Waals surface area contributed by atoms with Crippen LogP contribution in [0.2, 0.25) is 0 Å². The highest BCUT2D eigenvalue weighted by Gasteiger charge is 2.16. The van der Waals surface area contributed by atoms with Gasteiger partial charge in [-0.3, -0.25) is 4.79 Å². The smallest absolute Gasteiger partial charge is 0.239 e. The van der Waals surface area contributed by atoms with Gasteiger partial charge in [0.15, 0.2) is 5.96 Å². The van der Waals surface area contributed by atoms with Crippen molar-refractivity contribution in [3.8, 4) is 0 Å². The Bertz CT molecular complexity index is 832. The van der Waals surface area contributed by atoms with Crippen molar-refractivity contribution >= 4 is 53.3 Å². The second-order valence-corrected chi connectivity index (χ2v) is 8.77. The van der Waals surface area contributed by atoms with Gasteiger partial charge in [0.1, 0.15) is 0 Å². The van der Waals surface area contributed by atoms with E-state index in [4.69, 9.17) is 4.99 Å². The highest BCUT2D eigenvalue weighted by molar-refractivity contribution is 14.0. The van der Waals surface area contributed by atoms with Gasteiger partial charge in [-0.05, 0) is 36.8 Å². The molecule has 1 aliphatic rings. The third kappa shape index (κ3) is 8.60. The Morgan fingerprint density at radius 1 is 1.16 bits per heavy atom. The van der Waals surface area contributed by atoms with E-state index >= 15 is 0 Å². The number of anilines is 1. The molecule has 1 aliphatic heterocycles. The predicted molar refractivity (Wildman–Crippen MR) is 142 cm³/mol. The van der Waals surface area contributed by atoms with Crippen molar-refractivity contribution in [2.75, 3.05) is 37.6 Å². The molecule has 1 amide bonds. The molecule has 0 radical (unpaired) electrons. The van der Waals surface area contributed by atoms with Gasteiger partial charge in [-0.15, -0.1) is 35.7 Å². The molecule has 8 heteroatoms. The van der Waals surface area contributed by atoms with Gasteiger partial charge >= 0.3 is 0 Å². The molecule has 0 saturated carbocycles. The number of nitrogens with one attached hydrogen (secondary N) is 3. The first-order valence-corrected chi connectivity index (χ1v) is 11.4. The summed E-state index contributed by atoms with van der Waals surface area (Å²) >= 11 is 1.86. The summed E-state index contributed by atoms with van der Waals surface area (Å²) in [7, 11) is 0. The molecule has 31 heavy (non-hydrogen) atoms. The van der Waals surface area contributed by atoms with Crippen molar-refractivity contribution in [3.63, 3.8) is 0 Å². The third-order valence-electron chi connectivity index (χ3n) is 4.74. The minimum absolute atomic E-state index is 0. The lowest BCUT2D eigenvalue weighted by Crippen LogP contribution is -2.47. The van der Waals surface area contributed by atoms with Crippen LogP contribution in [0.4, 0.5) is 5.69 Å². The van der Waals surface area contributed by atoms with Crippen LogP contribution in [0, 0.1) is 0 Å². The van der Waals surface area contributed by atoms with Crippen LogP contribution in [0.25, 0.3) is 0 Å². The summed E-state index contributed by atoms with van der Waals surface area (Å²) in [5.41, 5.74) is 2.22. The summed E-state index contributed by atoms with van der Waals surface area (Å²) in [5, 5.41) is 10.0. The topological polar surface area (TPSA) is 68.8 Å². The molecule has 1 heterocycles. The van der Waals surface area contributed by atoms with Crippen molar-refractivity contribution in [1.82, 2.24) is 16.0 Å². The number of carbonyl (C=O) groups is 1. The van der Waals surface area contributed by atoms with Gasteiger partial charge in [-0.2, -0.15) is 0 Å². The monoisotopic (exact) mass is 553 g/mol. The molecular formula is C23H32IN5OS. The zero-order valence-corrected chi connectivity index (χ0v) is 21.3. The molecule has 2 aromatic carbocycles. The number of hydrogen-bond acceptors (Lipinski definition) is 4. The van der Waals surface area contributed by atoms with Crippen LogP contribution in [0.15, 0.2) is 64.5 Å². The van der Waals surface area contributed by atoms with Crippen LogP contribution in [-0.4, -0.2) is 49.8 Å². The summed E-state index contributed by atoms with van der Waals surface area (Å²) in [6.45, 7) is 8.52. The maximum Gasteiger partial charge on any atom is 0.239 e. The highest BCUT2D eigenvalue weighted by Crippen LogP contribution is 2.22. The van der Waals surface area contributed by atoms with Gasteiger partial charge in [0.2, 0.25) is 5.91 Å². The first-order valence-electron chi connectivity index (χ1n) is 10.5. The van der Waals surface area contributed by atoms with E-state index in [9.17, 15) is 4.79 Å². The lowest BCUT2D eigenvalue weighted by atomic mass is 10.2. The largest absolute Gasteiger partial charge is 0.360 e. The fourth-order valence-corrected chi connectivity index (χ4v) is 4.14. The maximum absolute atomic E-state index is 11.6. The molecule has 1 atom stereocenters. The molecule has 0 spiro atoms. The molecule has 3 N–H and O–H groups in total. The Balaban J connectivity index is 0.00000341. The number of aliphatic imine (C=N–C) groups is 1. The summed E-state index contributed by atoms with van der Waals surface area (Å²) in [6.07, 6.45) is 0.